The topological polar surface area (TPSA) is 102 Å². The fourth-order valence-corrected chi connectivity index (χ4v) is 5.56. The number of allylic oxidation sites excluding steroid dienone is 1. The van der Waals surface area contributed by atoms with Gasteiger partial charge >= 0.3 is 5.97 Å². The number of hydrogen-bond donors (Lipinski definition) is 2. The number of nitrogens with two attached hydrogens (primary N) is 1. The number of ketones is 1. The number of carbonyl (C=O) groups is 3. The lowest BCUT2D eigenvalue weighted by Gasteiger charge is -2.44. The van der Waals surface area contributed by atoms with Crippen LogP contribution >= 0.6 is 34.8 Å². The Hall–Kier alpha value is -3.00. The van der Waals surface area contributed by atoms with Crippen molar-refractivity contribution in [2.75, 3.05) is 17.3 Å². The number of halogens is 3. The number of methoxy groups -OCH3 is 1. The average molecular weight is 519 g/mol. The van der Waals surface area contributed by atoms with Crippen molar-refractivity contribution in [3.8, 4) is 0 Å². The quantitative estimate of drug-likeness (QED) is 0.559. The van der Waals surface area contributed by atoms with Gasteiger partial charge in [-0.05, 0) is 49.2 Å². The minimum Gasteiger partial charge on any atom is -0.466 e. The zero-order chi connectivity index (χ0) is 24.4. The molecule has 34 heavy (non-hydrogen) atoms. The molecule has 1 spiro atoms. The van der Waals surface area contributed by atoms with Crippen molar-refractivity contribution in [2.24, 2.45) is 5.73 Å². The highest BCUT2D eigenvalue weighted by molar-refractivity contribution is 6.42. The van der Waals surface area contributed by atoms with Crippen LogP contribution in [0.5, 0.6) is 0 Å². The van der Waals surface area contributed by atoms with E-state index in [1.165, 1.54) is 7.11 Å². The van der Waals surface area contributed by atoms with Crippen LogP contribution in [-0.4, -0.2) is 24.8 Å². The van der Waals surface area contributed by atoms with E-state index in [1.54, 1.807) is 41.3 Å². The van der Waals surface area contributed by atoms with E-state index in [1.807, 2.05) is 0 Å². The number of carbonyl (C=O) groups excluding carboxylic acids is 3. The molecule has 3 aliphatic rings. The standard InChI is InChI=1S/C24H18Cl3N3O4/c1-34-22(32)20-21(28)30(12-6-7-14(26)15(27)10-12)17-3-2-4-18(31)19(17)24(20)13-9-11(25)5-8-16(13)29-23(24)33/h5-10H,2-4,28H2,1H3,(H,29,33). The van der Waals surface area contributed by atoms with Crippen molar-refractivity contribution < 1.29 is 19.1 Å². The zero-order valence-electron chi connectivity index (χ0n) is 17.9. The molecule has 2 aromatic carbocycles. The van der Waals surface area contributed by atoms with Crippen molar-refractivity contribution in [1.29, 1.82) is 0 Å². The van der Waals surface area contributed by atoms with Gasteiger partial charge in [0.2, 0.25) is 5.91 Å². The monoisotopic (exact) mass is 517 g/mol. The summed E-state index contributed by atoms with van der Waals surface area (Å²) in [6.45, 7) is 0. The van der Waals surface area contributed by atoms with E-state index in [2.05, 4.69) is 5.32 Å². The average Bonchev–Trinajstić information content (AvgIpc) is 3.07. The second-order valence-electron chi connectivity index (χ2n) is 8.18. The molecule has 0 saturated heterocycles. The van der Waals surface area contributed by atoms with Crippen LogP contribution in [0.15, 0.2) is 59.1 Å². The van der Waals surface area contributed by atoms with E-state index in [9.17, 15) is 14.4 Å². The molecular formula is C24H18Cl3N3O4. The number of Topliss-reactive ketones (excluding diaryl/α,β-unsaturated/α-hetero) is 1. The van der Waals surface area contributed by atoms with Gasteiger partial charge in [0.1, 0.15) is 16.8 Å². The minimum atomic E-state index is -1.79. The van der Waals surface area contributed by atoms with E-state index >= 15 is 0 Å². The molecule has 2 aromatic rings. The van der Waals surface area contributed by atoms with Crippen molar-refractivity contribution in [1.82, 2.24) is 0 Å². The van der Waals surface area contributed by atoms with Crippen LogP contribution < -0.4 is 16.0 Å². The number of benzene rings is 2. The number of nitrogens with one attached hydrogen (secondary N) is 1. The molecule has 1 atom stereocenters. The number of esters is 1. The summed E-state index contributed by atoms with van der Waals surface area (Å²) >= 11 is 18.7. The molecule has 0 fully saturated rings. The van der Waals surface area contributed by atoms with Crippen molar-refractivity contribution in [3.05, 3.63) is 79.7 Å². The number of ether oxygens (including phenoxy) is 1. The van der Waals surface area contributed by atoms with E-state index in [4.69, 9.17) is 45.3 Å². The van der Waals surface area contributed by atoms with Gasteiger partial charge in [0.05, 0.1) is 17.2 Å². The second-order valence-corrected chi connectivity index (χ2v) is 9.43. The Kier molecular flexibility index (Phi) is 5.39. The molecule has 7 nitrogen and oxygen atoms in total. The molecule has 2 heterocycles. The third-order valence-electron chi connectivity index (χ3n) is 6.43. The lowest BCUT2D eigenvalue weighted by atomic mass is 9.63. The van der Waals surface area contributed by atoms with Crippen LogP contribution in [0.2, 0.25) is 15.1 Å². The molecule has 1 aliphatic carbocycles. The first kappa shape index (κ1) is 22.8. The molecule has 3 N–H and O–H groups in total. The van der Waals surface area contributed by atoms with Crippen molar-refractivity contribution in [3.63, 3.8) is 0 Å². The Morgan fingerprint density at radius 3 is 2.56 bits per heavy atom. The highest BCUT2D eigenvalue weighted by atomic mass is 35.5. The largest absolute Gasteiger partial charge is 0.466 e. The summed E-state index contributed by atoms with van der Waals surface area (Å²) in [6, 6.07) is 9.69. The molecule has 1 unspecified atom stereocenters. The number of hydrogen-bond acceptors (Lipinski definition) is 6. The molecule has 0 bridgehead atoms. The van der Waals surface area contributed by atoms with Gasteiger partial charge in [-0.15, -0.1) is 0 Å². The van der Waals surface area contributed by atoms with Gasteiger partial charge in [0, 0.05) is 39.7 Å². The fourth-order valence-electron chi connectivity index (χ4n) is 5.10. The number of anilines is 2. The van der Waals surface area contributed by atoms with Gasteiger partial charge < -0.3 is 15.8 Å². The summed E-state index contributed by atoms with van der Waals surface area (Å²) in [6.07, 6.45) is 1.21. The molecule has 2 aliphatic heterocycles. The molecular weight excluding hydrogens is 501 g/mol. The predicted molar refractivity (Wildman–Crippen MR) is 130 cm³/mol. The van der Waals surface area contributed by atoms with Gasteiger partial charge in [0.25, 0.3) is 0 Å². The van der Waals surface area contributed by atoms with Gasteiger partial charge in [-0.3, -0.25) is 14.5 Å². The Morgan fingerprint density at radius 2 is 1.85 bits per heavy atom. The maximum Gasteiger partial charge on any atom is 0.339 e. The summed E-state index contributed by atoms with van der Waals surface area (Å²) < 4.78 is 5.08. The minimum absolute atomic E-state index is 0.0401. The van der Waals surface area contributed by atoms with E-state index in [0.717, 1.165) is 0 Å². The normalized spacial score (nSPS) is 21.6. The van der Waals surface area contributed by atoms with Crippen LogP contribution in [0.4, 0.5) is 11.4 Å². The number of rotatable bonds is 2. The Bertz CT molecular complexity index is 1370. The summed E-state index contributed by atoms with van der Waals surface area (Å²) in [5, 5.41) is 3.75. The summed E-state index contributed by atoms with van der Waals surface area (Å²) in [4.78, 5) is 42.1. The molecule has 10 heteroatoms. The first-order valence-corrected chi connectivity index (χ1v) is 11.6. The number of nitrogens with zero attached hydrogens (tertiary/aromatic N) is 1. The molecule has 1 amide bonds. The molecule has 0 radical (unpaired) electrons. The molecule has 0 saturated carbocycles. The molecule has 5 rings (SSSR count). The maximum absolute atomic E-state index is 13.7. The zero-order valence-corrected chi connectivity index (χ0v) is 20.1. The lowest BCUT2D eigenvalue weighted by Crippen LogP contribution is -2.53. The summed E-state index contributed by atoms with van der Waals surface area (Å²) in [7, 11) is 1.19. The first-order chi connectivity index (χ1) is 16.2. The fraction of sp³-hybridized carbons (Fsp3) is 0.208. The van der Waals surface area contributed by atoms with Crippen molar-refractivity contribution in [2.45, 2.75) is 24.7 Å². The smallest absolute Gasteiger partial charge is 0.339 e. The molecule has 0 aromatic heterocycles. The third-order valence-corrected chi connectivity index (χ3v) is 7.40. The maximum atomic E-state index is 13.7. The second kappa shape index (κ2) is 8.05. The lowest BCUT2D eigenvalue weighted by molar-refractivity contribution is -0.138. The van der Waals surface area contributed by atoms with E-state index < -0.39 is 17.3 Å². The van der Waals surface area contributed by atoms with Crippen LogP contribution in [0, 0.1) is 0 Å². The Labute approximate surface area is 210 Å². The van der Waals surface area contributed by atoms with Crippen molar-refractivity contribution >= 4 is 63.8 Å². The first-order valence-electron chi connectivity index (χ1n) is 10.4. The number of amides is 1. The highest BCUT2D eigenvalue weighted by Crippen LogP contribution is 2.56. The van der Waals surface area contributed by atoms with E-state index in [0.29, 0.717) is 45.5 Å². The van der Waals surface area contributed by atoms with E-state index in [-0.39, 0.29) is 34.2 Å². The van der Waals surface area contributed by atoms with Gasteiger partial charge in [-0.1, -0.05) is 34.8 Å². The molecule has 174 valence electrons. The van der Waals surface area contributed by atoms with Crippen LogP contribution in [0.1, 0.15) is 24.8 Å². The van der Waals surface area contributed by atoms with Crippen LogP contribution in [-0.2, 0) is 24.5 Å². The predicted octanol–water partition coefficient (Wildman–Crippen LogP) is 4.71. The Balaban J connectivity index is 1.91. The summed E-state index contributed by atoms with van der Waals surface area (Å²) in [5.41, 5.74) is 6.71. The van der Waals surface area contributed by atoms with Gasteiger partial charge in [-0.25, -0.2) is 4.79 Å². The van der Waals surface area contributed by atoms with Gasteiger partial charge in [0.15, 0.2) is 5.78 Å². The summed E-state index contributed by atoms with van der Waals surface area (Å²) in [5.74, 6) is -1.70. The van der Waals surface area contributed by atoms with Crippen LogP contribution in [0.3, 0.4) is 0 Å². The van der Waals surface area contributed by atoms with Gasteiger partial charge in [-0.2, -0.15) is 0 Å². The highest BCUT2D eigenvalue weighted by Gasteiger charge is 2.62. The third kappa shape index (κ3) is 3.00. The number of fused-ring (bicyclic) bond motifs is 3. The SMILES string of the molecule is COC(=O)C1=C(N)N(c2ccc(Cl)c(Cl)c2)C2=C(C(=O)CCC2)C12C(=O)Nc1ccc(Cl)cc12. The van der Waals surface area contributed by atoms with Crippen LogP contribution in [0.25, 0.3) is 0 Å². The Morgan fingerprint density at radius 1 is 1.09 bits per heavy atom.